The molecule has 3 aromatic heterocycles. The number of ether oxygens (including phenoxy) is 1. The van der Waals surface area contributed by atoms with Gasteiger partial charge in [-0.05, 0) is 54.8 Å². The molecule has 2 aromatic carbocycles. The molecule has 0 atom stereocenters. The van der Waals surface area contributed by atoms with Crippen LogP contribution in [0.4, 0.5) is 5.69 Å². The Labute approximate surface area is 207 Å². The Morgan fingerprint density at radius 3 is 2.61 bits per heavy atom. The monoisotopic (exact) mass is 484 g/mol. The highest BCUT2D eigenvalue weighted by atomic mass is 16.5. The van der Waals surface area contributed by atoms with E-state index in [-0.39, 0.29) is 18.1 Å². The molecule has 1 N–H and O–H groups in total. The molecule has 0 unspecified atom stereocenters. The number of fused-ring (bicyclic) bond motifs is 3. The number of carbonyl (C=O) groups excluding carboxylic acids is 1. The van der Waals surface area contributed by atoms with Gasteiger partial charge in [0.15, 0.2) is 5.65 Å². The van der Waals surface area contributed by atoms with Gasteiger partial charge in [0.2, 0.25) is 5.91 Å². The van der Waals surface area contributed by atoms with Gasteiger partial charge in [0.25, 0.3) is 0 Å². The van der Waals surface area contributed by atoms with Gasteiger partial charge < -0.3 is 10.1 Å². The lowest BCUT2D eigenvalue weighted by atomic mass is 10.1. The third-order valence-corrected chi connectivity index (χ3v) is 6.07. The van der Waals surface area contributed by atoms with Gasteiger partial charge in [-0.15, -0.1) is 5.10 Å². The van der Waals surface area contributed by atoms with Crippen LogP contribution in [0.25, 0.3) is 22.4 Å². The van der Waals surface area contributed by atoms with E-state index in [9.17, 15) is 9.59 Å². The minimum atomic E-state index is -0.386. The van der Waals surface area contributed by atoms with E-state index < -0.39 is 0 Å². The van der Waals surface area contributed by atoms with E-state index in [2.05, 4.69) is 22.4 Å². The van der Waals surface area contributed by atoms with Crippen molar-refractivity contribution in [2.75, 3.05) is 11.9 Å². The van der Waals surface area contributed by atoms with Gasteiger partial charge in [0.1, 0.15) is 17.8 Å². The molecule has 36 heavy (non-hydrogen) atoms. The van der Waals surface area contributed by atoms with Crippen molar-refractivity contribution in [3.63, 3.8) is 0 Å². The molecule has 3 heterocycles. The molecule has 0 fully saturated rings. The number of carbonyl (C=O) groups is 1. The second-order valence-electron chi connectivity index (χ2n) is 8.58. The molecule has 9 nitrogen and oxygen atoms in total. The molecule has 0 aliphatic carbocycles. The summed E-state index contributed by atoms with van der Waals surface area (Å²) in [5.41, 5.74) is 4.16. The highest BCUT2D eigenvalue weighted by Crippen LogP contribution is 2.24. The molecule has 9 heteroatoms. The molecule has 184 valence electrons. The molecule has 0 saturated carbocycles. The summed E-state index contributed by atoms with van der Waals surface area (Å²) in [6.45, 7) is 4.66. The molecular formula is C27H28N6O3. The normalized spacial score (nSPS) is 11.3. The summed E-state index contributed by atoms with van der Waals surface area (Å²) in [6, 6.07) is 17.3. The first-order valence-corrected chi connectivity index (χ1v) is 12.2. The number of hydrogen-bond donors (Lipinski definition) is 1. The topological polar surface area (TPSA) is 94.9 Å². The van der Waals surface area contributed by atoms with Crippen molar-refractivity contribution in [2.45, 2.75) is 39.7 Å². The quantitative estimate of drug-likeness (QED) is 0.317. The van der Waals surface area contributed by atoms with Crippen LogP contribution >= 0.6 is 0 Å². The highest BCUT2D eigenvalue weighted by Gasteiger charge is 2.16. The molecular weight excluding hydrogens is 456 g/mol. The number of nitrogens with zero attached hydrogens (tertiary/aromatic N) is 5. The van der Waals surface area contributed by atoms with Gasteiger partial charge in [-0.25, -0.2) is 18.4 Å². The Morgan fingerprint density at radius 2 is 1.83 bits per heavy atom. The van der Waals surface area contributed by atoms with Crippen molar-refractivity contribution in [2.24, 2.45) is 0 Å². The maximum atomic E-state index is 12.9. The van der Waals surface area contributed by atoms with E-state index in [0.29, 0.717) is 17.8 Å². The first kappa shape index (κ1) is 23.3. The van der Waals surface area contributed by atoms with Crippen LogP contribution in [-0.2, 0) is 17.8 Å². The minimum absolute atomic E-state index is 0.189. The number of anilines is 1. The van der Waals surface area contributed by atoms with E-state index in [0.717, 1.165) is 47.5 Å². The Hall–Kier alpha value is -4.40. The lowest BCUT2D eigenvalue weighted by Crippen LogP contribution is -2.28. The number of nitrogens with one attached hydrogen (secondary N) is 1. The number of benzene rings is 2. The summed E-state index contributed by atoms with van der Waals surface area (Å²) < 4.78 is 10.0. The molecule has 0 spiro atoms. The number of amides is 1. The number of aromatic nitrogens is 5. The highest BCUT2D eigenvalue weighted by molar-refractivity contribution is 5.91. The van der Waals surface area contributed by atoms with E-state index in [1.807, 2.05) is 61.5 Å². The maximum absolute atomic E-state index is 12.9. The van der Waals surface area contributed by atoms with Crippen LogP contribution in [0.15, 0.2) is 71.8 Å². The first-order valence-electron chi connectivity index (χ1n) is 12.2. The molecule has 0 saturated heterocycles. The van der Waals surface area contributed by atoms with Gasteiger partial charge in [-0.2, -0.15) is 5.10 Å². The van der Waals surface area contributed by atoms with E-state index in [1.165, 1.54) is 9.08 Å². The van der Waals surface area contributed by atoms with Gasteiger partial charge in [-0.3, -0.25) is 4.79 Å². The Balaban J connectivity index is 1.40. The molecule has 5 rings (SSSR count). The van der Waals surface area contributed by atoms with E-state index in [4.69, 9.17) is 4.74 Å². The fourth-order valence-electron chi connectivity index (χ4n) is 4.11. The zero-order valence-electron chi connectivity index (χ0n) is 20.3. The zero-order chi connectivity index (χ0) is 25.1. The van der Waals surface area contributed by atoms with Crippen molar-refractivity contribution < 1.29 is 9.53 Å². The van der Waals surface area contributed by atoms with Gasteiger partial charge in [0.05, 0.1) is 12.3 Å². The molecule has 0 bridgehead atoms. The molecule has 0 aliphatic rings. The van der Waals surface area contributed by atoms with Crippen molar-refractivity contribution in [1.29, 1.82) is 0 Å². The van der Waals surface area contributed by atoms with Crippen LogP contribution in [0.3, 0.4) is 0 Å². The third kappa shape index (κ3) is 4.59. The smallest absolute Gasteiger partial charge is 0.350 e. The number of unbranched alkanes of at least 4 members (excludes halogenated alkanes) is 1. The molecule has 0 aliphatic heterocycles. The van der Waals surface area contributed by atoms with E-state index >= 15 is 0 Å². The summed E-state index contributed by atoms with van der Waals surface area (Å²) in [6.07, 6.45) is 6.22. The number of para-hydroxylation sites is 1. The average molecular weight is 485 g/mol. The summed E-state index contributed by atoms with van der Waals surface area (Å²) in [5.74, 6) is 0.511. The van der Waals surface area contributed by atoms with Crippen LogP contribution in [0, 0.1) is 0 Å². The van der Waals surface area contributed by atoms with Crippen LogP contribution < -0.4 is 15.7 Å². The Bertz CT molecular complexity index is 1580. The summed E-state index contributed by atoms with van der Waals surface area (Å²) in [7, 11) is 0. The molecule has 5 aromatic rings. The first-order chi connectivity index (χ1) is 17.6. The predicted molar refractivity (Wildman–Crippen MR) is 138 cm³/mol. The second-order valence-corrected chi connectivity index (χ2v) is 8.58. The fraction of sp³-hybridized carbons (Fsp3) is 0.259. The lowest BCUT2D eigenvalue weighted by Gasteiger charge is -2.09. The maximum Gasteiger partial charge on any atom is 0.350 e. The molecule has 1 amide bonds. The summed E-state index contributed by atoms with van der Waals surface area (Å²) >= 11 is 0. The van der Waals surface area contributed by atoms with Gasteiger partial charge >= 0.3 is 5.69 Å². The second kappa shape index (κ2) is 10.1. The predicted octanol–water partition coefficient (Wildman–Crippen LogP) is 4.19. The van der Waals surface area contributed by atoms with Gasteiger partial charge in [0, 0.05) is 23.6 Å². The number of hydrogen-bond acceptors (Lipinski definition) is 5. The zero-order valence-corrected chi connectivity index (χ0v) is 20.3. The van der Waals surface area contributed by atoms with Crippen LogP contribution in [0.2, 0.25) is 0 Å². The summed E-state index contributed by atoms with van der Waals surface area (Å²) in [4.78, 5) is 25.6. The largest absolute Gasteiger partial charge is 0.494 e. The van der Waals surface area contributed by atoms with Crippen molar-refractivity contribution in [3.05, 3.63) is 83.0 Å². The van der Waals surface area contributed by atoms with Crippen LogP contribution in [0.5, 0.6) is 5.75 Å². The Morgan fingerprint density at radius 1 is 1.03 bits per heavy atom. The lowest BCUT2D eigenvalue weighted by molar-refractivity contribution is -0.117. The fourth-order valence-corrected chi connectivity index (χ4v) is 4.11. The van der Waals surface area contributed by atoms with Crippen molar-refractivity contribution in [1.82, 2.24) is 23.8 Å². The van der Waals surface area contributed by atoms with Crippen molar-refractivity contribution >= 4 is 22.8 Å². The van der Waals surface area contributed by atoms with Crippen LogP contribution in [-0.4, -0.2) is 36.3 Å². The number of aryl methyl sites for hydroxylation is 1. The minimum Gasteiger partial charge on any atom is -0.494 e. The van der Waals surface area contributed by atoms with Gasteiger partial charge in [-0.1, -0.05) is 38.5 Å². The summed E-state index contributed by atoms with van der Waals surface area (Å²) in [5, 5.41) is 12.0. The van der Waals surface area contributed by atoms with Crippen molar-refractivity contribution in [3.8, 4) is 17.0 Å². The Kier molecular flexibility index (Phi) is 6.53. The molecule has 0 radical (unpaired) electrons. The van der Waals surface area contributed by atoms with Crippen LogP contribution in [0.1, 0.15) is 32.3 Å². The SMILES string of the molecule is CCCCOc1ccc(-c2cc3c4nn(CC(=O)Nc5ccccc5CC)c(=O)n4ccn3n2)cc1. The van der Waals surface area contributed by atoms with E-state index in [1.54, 1.807) is 16.9 Å². The standard InChI is InChI=1S/C27H28N6O3/c1-3-5-16-36-21-12-10-20(11-13-21)23-17-24-26-30-33(27(35)31(26)14-15-32(24)29-23)18-25(34)28-22-9-7-6-8-19(22)4-2/h6-15,17H,3-5,16,18H2,1-2H3,(H,28,34). The average Bonchev–Trinajstić information content (AvgIpc) is 3.46. The third-order valence-electron chi connectivity index (χ3n) is 6.07. The number of rotatable bonds is 9.